The number of carboxylic acids is 1. The Morgan fingerprint density at radius 2 is 1.75 bits per heavy atom. The molecule has 0 aliphatic heterocycles. The fourth-order valence-corrected chi connectivity index (χ4v) is 3.63. The topological polar surface area (TPSA) is 79.5 Å². The fourth-order valence-electron chi connectivity index (χ4n) is 3.63. The van der Waals surface area contributed by atoms with E-state index in [1.54, 1.807) is 11.9 Å². The van der Waals surface area contributed by atoms with E-state index in [9.17, 15) is 4.79 Å². The minimum Gasteiger partial charge on any atom is -0.480 e. The molecule has 4 aromatic rings. The average Bonchev–Trinajstić information content (AvgIpc) is 3.24. The molecule has 0 aliphatic carbocycles. The summed E-state index contributed by atoms with van der Waals surface area (Å²) >= 11 is 0. The Labute approximate surface area is 187 Å². The first-order valence-corrected chi connectivity index (χ1v) is 10.2. The van der Waals surface area contributed by atoms with Crippen molar-refractivity contribution in [1.82, 2.24) is 15.0 Å². The zero-order valence-corrected chi connectivity index (χ0v) is 17.9. The van der Waals surface area contributed by atoms with Crippen LogP contribution in [0.25, 0.3) is 34.0 Å². The van der Waals surface area contributed by atoms with E-state index in [0.717, 1.165) is 33.4 Å². The number of nitrogens with zero attached hydrogens (tertiary/aromatic N) is 3. The van der Waals surface area contributed by atoms with Crippen molar-refractivity contribution in [2.24, 2.45) is 0 Å². The van der Waals surface area contributed by atoms with Crippen LogP contribution in [0.2, 0.25) is 0 Å². The molecule has 0 aliphatic rings. The Hall–Kier alpha value is -3.71. The summed E-state index contributed by atoms with van der Waals surface area (Å²) in [5, 5.41) is 13.0. The summed E-state index contributed by atoms with van der Waals surface area (Å²) in [6.45, 7) is 2.58. The lowest BCUT2D eigenvalue weighted by Gasteiger charge is -2.13. The number of rotatable bonds is 7. The smallest absolute Gasteiger partial charge is 0.317 e. The minimum absolute atomic E-state index is 0.0122. The highest BCUT2D eigenvalue weighted by Crippen LogP contribution is 2.26. The average molecular weight is 423 g/mol. The van der Waals surface area contributed by atoms with E-state index in [1.807, 2.05) is 54.6 Å². The summed E-state index contributed by atoms with van der Waals surface area (Å²) in [6, 6.07) is 21.5. The van der Waals surface area contributed by atoms with Crippen LogP contribution in [-0.4, -0.2) is 47.6 Å². The number of carbonyl (C=O) groups is 1. The molecular formula is C25H22BN3O3. The summed E-state index contributed by atoms with van der Waals surface area (Å²) in [4.78, 5) is 17.1. The van der Waals surface area contributed by atoms with Crippen molar-refractivity contribution >= 4 is 19.3 Å². The molecule has 0 saturated carbocycles. The minimum atomic E-state index is -0.851. The Kier molecular flexibility index (Phi) is 6.19. The summed E-state index contributed by atoms with van der Waals surface area (Å²) < 4.78 is 5.48. The molecule has 1 aromatic heterocycles. The molecule has 0 atom stereocenters. The number of likely N-dealkylation sites (N-methyl/N-ethyl adjacent to an activating group) is 1. The first-order valence-electron chi connectivity index (χ1n) is 10.2. The second-order valence-electron chi connectivity index (χ2n) is 7.80. The van der Waals surface area contributed by atoms with Crippen molar-refractivity contribution in [2.45, 2.75) is 13.5 Å². The monoisotopic (exact) mass is 423 g/mol. The lowest BCUT2D eigenvalue weighted by Crippen LogP contribution is -2.25. The van der Waals surface area contributed by atoms with E-state index in [-0.39, 0.29) is 6.54 Å². The van der Waals surface area contributed by atoms with Crippen LogP contribution in [0.3, 0.4) is 0 Å². The van der Waals surface area contributed by atoms with E-state index in [2.05, 4.69) is 29.2 Å². The molecule has 6 nitrogen and oxygen atoms in total. The molecule has 7 heteroatoms. The zero-order chi connectivity index (χ0) is 22.7. The van der Waals surface area contributed by atoms with Gasteiger partial charge in [-0.1, -0.05) is 71.3 Å². The van der Waals surface area contributed by atoms with Crippen molar-refractivity contribution < 1.29 is 14.4 Å². The summed E-state index contributed by atoms with van der Waals surface area (Å²) in [5.74, 6) is 0.0244. The van der Waals surface area contributed by atoms with Crippen LogP contribution in [0.1, 0.15) is 11.1 Å². The van der Waals surface area contributed by atoms with E-state index >= 15 is 0 Å². The van der Waals surface area contributed by atoms with Crippen LogP contribution in [0.15, 0.2) is 71.3 Å². The van der Waals surface area contributed by atoms with Crippen molar-refractivity contribution in [1.29, 1.82) is 0 Å². The predicted octanol–water partition coefficient (Wildman–Crippen LogP) is 3.69. The predicted molar refractivity (Wildman–Crippen MR) is 125 cm³/mol. The number of aliphatic carboxylic acids is 1. The number of benzene rings is 3. The van der Waals surface area contributed by atoms with Gasteiger partial charge in [-0.15, -0.1) is 0 Å². The molecule has 0 spiro atoms. The maximum atomic E-state index is 10.8. The number of hydrogen-bond donors (Lipinski definition) is 1. The van der Waals surface area contributed by atoms with E-state index in [1.165, 1.54) is 0 Å². The Balaban J connectivity index is 1.52. The lowest BCUT2D eigenvalue weighted by molar-refractivity contribution is -0.138. The molecule has 0 bridgehead atoms. The zero-order valence-electron chi connectivity index (χ0n) is 17.9. The third-order valence-corrected chi connectivity index (χ3v) is 5.23. The lowest BCUT2D eigenvalue weighted by atomic mass is 9.84. The summed E-state index contributed by atoms with van der Waals surface area (Å²) in [5.41, 5.74) is 6.43. The van der Waals surface area contributed by atoms with Crippen LogP contribution in [0.4, 0.5) is 0 Å². The van der Waals surface area contributed by atoms with Crippen LogP contribution in [-0.2, 0) is 11.3 Å². The quantitative estimate of drug-likeness (QED) is 0.457. The Morgan fingerprint density at radius 3 is 2.44 bits per heavy atom. The Bertz CT molecular complexity index is 1250. The summed E-state index contributed by atoms with van der Waals surface area (Å²) in [7, 11) is 8.10. The van der Waals surface area contributed by atoms with Gasteiger partial charge in [-0.05, 0) is 42.3 Å². The van der Waals surface area contributed by atoms with Gasteiger partial charge in [-0.3, -0.25) is 9.69 Å². The number of hydrogen-bond acceptors (Lipinski definition) is 5. The number of aromatic nitrogens is 2. The van der Waals surface area contributed by atoms with Gasteiger partial charge in [0.25, 0.3) is 5.89 Å². The second kappa shape index (κ2) is 9.20. The SMILES string of the molecule is [B]c1cc(-c2nc(-c3ccc(CN(C)CC(=O)O)cc3)no2)ccc1-c1ccccc1C. The van der Waals surface area contributed by atoms with Crippen LogP contribution in [0.5, 0.6) is 0 Å². The van der Waals surface area contributed by atoms with Gasteiger partial charge in [0.15, 0.2) is 0 Å². The molecule has 3 aromatic carbocycles. The van der Waals surface area contributed by atoms with Gasteiger partial charge in [-0.2, -0.15) is 4.98 Å². The van der Waals surface area contributed by atoms with Gasteiger partial charge in [0.05, 0.1) is 6.54 Å². The normalized spacial score (nSPS) is 11.1. The molecule has 1 heterocycles. The molecule has 158 valence electrons. The highest BCUT2D eigenvalue weighted by molar-refractivity contribution is 6.36. The first kappa shape index (κ1) is 21.5. The first-order chi connectivity index (χ1) is 15.4. The van der Waals surface area contributed by atoms with E-state index < -0.39 is 5.97 Å². The van der Waals surface area contributed by atoms with Gasteiger partial charge in [-0.25, -0.2) is 0 Å². The number of carboxylic acid groups (broad SMARTS) is 1. The molecule has 4 rings (SSSR count). The van der Waals surface area contributed by atoms with E-state index in [4.69, 9.17) is 17.5 Å². The van der Waals surface area contributed by atoms with Crippen LogP contribution < -0.4 is 5.46 Å². The third kappa shape index (κ3) is 4.79. The van der Waals surface area contributed by atoms with Crippen molar-refractivity contribution in [3.05, 3.63) is 77.9 Å². The standard InChI is InChI=1S/C25H22BN3O3/c1-16-5-3-4-6-20(16)21-12-11-19(13-22(21)26)25-27-24(28-32-25)18-9-7-17(8-10-18)14-29(2)15-23(30)31/h3-13H,14-15H2,1-2H3,(H,30,31). The van der Waals surface area contributed by atoms with Gasteiger partial charge in [0.1, 0.15) is 7.85 Å². The Morgan fingerprint density at radius 1 is 1.03 bits per heavy atom. The van der Waals surface area contributed by atoms with Gasteiger partial charge < -0.3 is 9.63 Å². The maximum absolute atomic E-state index is 10.8. The largest absolute Gasteiger partial charge is 0.480 e. The highest BCUT2D eigenvalue weighted by Gasteiger charge is 2.13. The van der Waals surface area contributed by atoms with Crippen molar-refractivity contribution in [3.8, 4) is 34.0 Å². The van der Waals surface area contributed by atoms with Gasteiger partial charge in [0, 0.05) is 17.7 Å². The molecular weight excluding hydrogens is 401 g/mol. The fraction of sp³-hybridized carbons (Fsp3) is 0.160. The molecule has 0 saturated heterocycles. The number of aryl methyl sites for hydroxylation is 1. The molecule has 32 heavy (non-hydrogen) atoms. The molecule has 0 amide bonds. The molecule has 2 radical (unpaired) electrons. The van der Waals surface area contributed by atoms with Gasteiger partial charge in [0.2, 0.25) is 5.82 Å². The summed E-state index contributed by atoms with van der Waals surface area (Å²) in [6.07, 6.45) is 0. The second-order valence-corrected chi connectivity index (χ2v) is 7.80. The maximum Gasteiger partial charge on any atom is 0.317 e. The van der Waals surface area contributed by atoms with Crippen molar-refractivity contribution in [3.63, 3.8) is 0 Å². The van der Waals surface area contributed by atoms with Crippen LogP contribution >= 0.6 is 0 Å². The highest BCUT2D eigenvalue weighted by atomic mass is 16.5. The van der Waals surface area contributed by atoms with Gasteiger partial charge >= 0.3 is 5.97 Å². The molecule has 0 unspecified atom stereocenters. The van der Waals surface area contributed by atoms with E-state index in [0.29, 0.717) is 23.7 Å². The van der Waals surface area contributed by atoms with Crippen LogP contribution in [0, 0.1) is 6.92 Å². The molecule has 0 fully saturated rings. The van der Waals surface area contributed by atoms with Crippen molar-refractivity contribution in [2.75, 3.05) is 13.6 Å². The molecule has 1 N–H and O–H groups in total. The third-order valence-electron chi connectivity index (χ3n) is 5.23.